The third kappa shape index (κ3) is 2.83. The molecule has 0 spiro atoms. The molecule has 0 bridgehead atoms. The van der Waals surface area contributed by atoms with E-state index >= 15 is 0 Å². The molecule has 0 saturated carbocycles. The SMILES string of the molecule is CC1=CC(C)(C)NC2=[N+]1C[NH+](Cc1ccccc1)CN2C#N. The maximum absolute atomic E-state index is 9.53. The minimum atomic E-state index is -0.123. The van der Waals surface area contributed by atoms with Gasteiger partial charge in [-0.15, -0.1) is 4.90 Å². The predicted molar refractivity (Wildman–Crippen MR) is 84.5 cm³/mol. The van der Waals surface area contributed by atoms with Crippen molar-refractivity contribution in [1.82, 2.24) is 10.2 Å². The summed E-state index contributed by atoms with van der Waals surface area (Å²) in [6, 6.07) is 10.4. The molecular formula is C17H23N5+2. The van der Waals surface area contributed by atoms with Crippen LogP contribution < -0.4 is 10.2 Å². The van der Waals surface area contributed by atoms with Crippen LogP contribution in [0.25, 0.3) is 0 Å². The molecular weight excluding hydrogens is 274 g/mol. The summed E-state index contributed by atoms with van der Waals surface area (Å²) < 4.78 is 2.20. The Kier molecular flexibility index (Phi) is 3.63. The summed E-state index contributed by atoms with van der Waals surface area (Å²) in [6.45, 7) is 8.84. The van der Waals surface area contributed by atoms with Gasteiger partial charge in [0.1, 0.15) is 12.1 Å². The zero-order valence-electron chi connectivity index (χ0n) is 13.4. The number of hydrogen-bond donors (Lipinski definition) is 2. The maximum Gasteiger partial charge on any atom is 0.377 e. The number of benzene rings is 1. The number of nitrogens with zero attached hydrogens (tertiary/aromatic N) is 3. The smallest absolute Gasteiger partial charge is 0.271 e. The Labute approximate surface area is 131 Å². The maximum atomic E-state index is 9.53. The molecule has 0 aromatic heterocycles. The number of guanidine groups is 1. The summed E-state index contributed by atoms with van der Waals surface area (Å²) in [7, 11) is 0. The van der Waals surface area contributed by atoms with E-state index in [1.54, 1.807) is 4.90 Å². The fourth-order valence-corrected chi connectivity index (χ4v) is 3.22. The normalized spacial score (nSPS) is 23.3. The van der Waals surface area contributed by atoms with Gasteiger partial charge in [0.2, 0.25) is 13.3 Å². The lowest BCUT2D eigenvalue weighted by Gasteiger charge is -2.35. The molecule has 1 aromatic carbocycles. The van der Waals surface area contributed by atoms with Gasteiger partial charge in [-0.2, -0.15) is 9.84 Å². The van der Waals surface area contributed by atoms with Crippen molar-refractivity contribution in [3.8, 4) is 6.19 Å². The van der Waals surface area contributed by atoms with E-state index in [0.29, 0.717) is 6.67 Å². The molecule has 2 aliphatic rings. The van der Waals surface area contributed by atoms with E-state index in [1.165, 1.54) is 16.2 Å². The zero-order valence-corrected chi connectivity index (χ0v) is 13.4. The third-order valence-electron chi connectivity index (χ3n) is 4.12. The lowest BCUT2D eigenvalue weighted by molar-refractivity contribution is -0.996. The van der Waals surface area contributed by atoms with Crippen LogP contribution in [0.2, 0.25) is 0 Å². The first kappa shape index (κ1) is 14.6. The summed E-state index contributed by atoms with van der Waals surface area (Å²) in [5.41, 5.74) is 2.37. The first-order chi connectivity index (χ1) is 10.5. The van der Waals surface area contributed by atoms with Gasteiger partial charge >= 0.3 is 5.96 Å². The average Bonchev–Trinajstić information content (AvgIpc) is 2.47. The molecule has 22 heavy (non-hydrogen) atoms. The van der Waals surface area contributed by atoms with Crippen molar-refractivity contribution < 1.29 is 9.48 Å². The van der Waals surface area contributed by atoms with Crippen LogP contribution in [0.1, 0.15) is 26.3 Å². The Morgan fingerprint density at radius 3 is 2.77 bits per heavy atom. The zero-order chi connectivity index (χ0) is 15.7. The minimum Gasteiger partial charge on any atom is -0.271 e. The molecule has 0 saturated heterocycles. The third-order valence-corrected chi connectivity index (χ3v) is 4.12. The van der Waals surface area contributed by atoms with Crippen molar-refractivity contribution in [2.45, 2.75) is 32.9 Å². The van der Waals surface area contributed by atoms with Gasteiger partial charge < -0.3 is 0 Å². The second-order valence-corrected chi connectivity index (χ2v) is 6.64. The Morgan fingerprint density at radius 2 is 2.09 bits per heavy atom. The molecule has 1 unspecified atom stereocenters. The van der Waals surface area contributed by atoms with Crippen LogP contribution in [0.4, 0.5) is 0 Å². The van der Waals surface area contributed by atoms with E-state index < -0.39 is 0 Å². The summed E-state index contributed by atoms with van der Waals surface area (Å²) in [5.74, 6) is 0.907. The molecule has 0 radical (unpaired) electrons. The molecule has 5 nitrogen and oxygen atoms in total. The summed E-state index contributed by atoms with van der Waals surface area (Å²) in [4.78, 5) is 3.12. The van der Waals surface area contributed by atoms with Crippen molar-refractivity contribution in [2.24, 2.45) is 0 Å². The number of nitrogens with one attached hydrogen (secondary N) is 2. The highest BCUT2D eigenvalue weighted by Gasteiger charge is 2.41. The van der Waals surface area contributed by atoms with Crippen LogP contribution >= 0.6 is 0 Å². The topological polar surface area (TPSA) is 46.5 Å². The molecule has 1 atom stereocenters. The summed E-state index contributed by atoms with van der Waals surface area (Å²) in [6.07, 6.45) is 4.54. The van der Waals surface area contributed by atoms with Crippen molar-refractivity contribution in [3.05, 3.63) is 47.7 Å². The van der Waals surface area contributed by atoms with E-state index in [2.05, 4.69) is 67.2 Å². The first-order valence-corrected chi connectivity index (χ1v) is 7.65. The summed E-state index contributed by atoms with van der Waals surface area (Å²) >= 11 is 0. The van der Waals surface area contributed by atoms with Gasteiger partial charge in [0.15, 0.2) is 0 Å². The van der Waals surface area contributed by atoms with E-state index in [9.17, 15) is 5.26 Å². The highest BCUT2D eigenvalue weighted by Crippen LogP contribution is 2.15. The standard InChI is InChI=1S/C17H21N5/c1-14-9-17(2,3)19-16-21(11-18)12-20(13-22(14)16)10-15-7-5-4-6-8-15/h4-9H,10,12-13H2,1-3H3/p+2. The van der Waals surface area contributed by atoms with E-state index in [-0.39, 0.29) is 5.54 Å². The number of quaternary nitrogens is 1. The molecule has 2 aliphatic heterocycles. The molecule has 0 aliphatic carbocycles. The van der Waals surface area contributed by atoms with E-state index in [4.69, 9.17) is 0 Å². The Morgan fingerprint density at radius 1 is 1.36 bits per heavy atom. The van der Waals surface area contributed by atoms with Gasteiger partial charge in [-0.1, -0.05) is 30.3 Å². The molecule has 2 N–H and O–H groups in total. The van der Waals surface area contributed by atoms with Gasteiger partial charge in [-0.3, -0.25) is 10.2 Å². The van der Waals surface area contributed by atoms with Gasteiger partial charge in [0.25, 0.3) is 6.19 Å². The molecule has 114 valence electrons. The van der Waals surface area contributed by atoms with Gasteiger partial charge in [-0.25, -0.2) is 0 Å². The van der Waals surface area contributed by atoms with Crippen LogP contribution in [0.3, 0.4) is 0 Å². The van der Waals surface area contributed by atoms with Crippen molar-refractivity contribution in [3.63, 3.8) is 0 Å². The monoisotopic (exact) mass is 297 g/mol. The van der Waals surface area contributed by atoms with Crippen LogP contribution in [0.5, 0.6) is 0 Å². The predicted octanol–water partition coefficient (Wildman–Crippen LogP) is 0.437. The molecule has 1 aromatic rings. The Hall–Kier alpha value is -2.32. The molecule has 3 rings (SSSR count). The summed E-state index contributed by atoms with van der Waals surface area (Å²) in [5, 5.41) is 13.0. The van der Waals surface area contributed by atoms with Crippen LogP contribution in [0.15, 0.2) is 42.1 Å². The van der Waals surface area contributed by atoms with E-state index in [1.807, 2.05) is 6.07 Å². The fraction of sp³-hybridized carbons (Fsp3) is 0.412. The largest absolute Gasteiger partial charge is 0.377 e. The molecule has 0 amide bonds. The van der Waals surface area contributed by atoms with Crippen molar-refractivity contribution in [2.75, 3.05) is 13.3 Å². The fourth-order valence-electron chi connectivity index (χ4n) is 3.22. The van der Waals surface area contributed by atoms with Gasteiger partial charge in [0.05, 0.1) is 5.70 Å². The van der Waals surface area contributed by atoms with Gasteiger partial charge in [-0.05, 0) is 26.8 Å². The Balaban J connectivity index is 1.86. The van der Waals surface area contributed by atoms with Crippen molar-refractivity contribution in [1.29, 1.82) is 5.26 Å². The number of allylic oxidation sites excluding steroid dienone is 1. The first-order valence-electron chi connectivity index (χ1n) is 7.65. The van der Waals surface area contributed by atoms with Crippen LogP contribution in [-0.4, -0.2) is 34.3 Å². The Bertz CT molecular complexity index is 666. The average molecular weight is 297 g/mol. The lowest BCUT2D eigenvalue weighted by atomic mass is 10.0. The molecule has 2 heterocycles. The second kappa shape index (κ2) is 5.47. The minimum absolute atomic E-state index is 0.123. The van der Waals surface area contributed by atoms with Gasteiger partial charge in [0, 0.05) is 5.56 Å². The van der Waals surface area contributed by atoms with Crippen LogP contribution in [-0.2, 0) is 6.54 Å². The molecule has 5 heteroatoms. The number of hydrogen-bond acceptors (Lipinski definition) is 3. The quantitative estimate of drug-likeness (QED) is 0.615. The highest BCUT2D eigenvalue weighted by molar-refractivity contribution is 5.78. The van der Waals surface area contributed by atoms with Crippen molar-refractivity contribution >= 4 is 5.96 Å². The highest BCUT2D eigenvalue weighted by atomic mass is 15.5. The lowest BCUT2D eigenvalue weighted by Crippen LogP contribution is -3.15. The number of rotatable bonds is 2. The number of nitriles is 1. The molecule has 0 fully saturated rings. The second-order valence-electron chi connectivity index (χ2n) is 6.64. The van der Waals surface area contributed by atoms with E-state index in [0.717, 1.165) is 19.2 Å². The van der Waals surface area contributed by atoms with Crippen LogP contribution in [0, 0.1) is 11.5 Å².